The maximum Gasteiger partial charge on any atom is 0.426 e. The first-order valence-electron chi connectivity index (χ1n) is 9.08. The van der Waals surface area contributed by atoms with E-state index in [2.05, 4.69) is 60.7 Å². The van der Waals surface area contributed by atoms with E-state index in [0.29, 0.717) is 11.9 Å². The van der Waals surface area contributed by atoms with Gasteiger partial charge in [-0.1, -0.05) is 24.3 Å². The lowest BCUT2D eigenvalue weighted by atomic mass is 10.1. The first kappa shape index (κ1) is 18.7. The summed E-state index contributed by atoms with van der Waals surface area (Å²) in [5.74, 6) is 1.09. The van der Waals surface area contributed by atoms with Crippen molar-refractivity contribution in [1.82, 2.24) is 20.4 Å². The van der Waals surface area contributed by atoms with Gasteiger partial charge in [0.15, 0.2) is 0 Å². The van der Waals surface area contributed by atoms with Crippen LogP contribution in [0.3, 0.4) is 0 Å². The van der Waals surface area contributed by atoms with Gasteiger partial charge in [-0.2, -0.15) is 15.0 Å². The van der Waals surface area contributed by atoms with Gasteiger partial charge in [0.05, 0.1) is 6.61 Å². The molecule has 0 atom stereocenters. The predicted octanol–water partition coefficient (Wildman–Crippen LogP) is 2.34. The lowest BCUT2D eigenvalue weighted by molar-refractivity contribution is 0.154. The van der Waals surface area contributed by atoms with Gasteiger partial charge >= 0.3 is 6.09 Å². The normalized spacial score (nSPS) is 13.2. The molecule has 1 aliphatic carbocycles. The molecule has 3 rings (SSSR count). The lowest BCUT2D eigenvalue weighted by Crippen LogP contribution is -2.31. The molecule has 0 aliphatic heterocycles. The van der Waals surface area contributed by atoms with Crippen molar-refractivity contribution in [2.24, 2.45) is 0 Å². The molecular formula is C18H25N7O2. The van der Waals surface area contributed by atoms with Crippen LogP contribution in [0.4, 0.5) is 22.6 Å². The second kappa shape index (κ2) is 8.52. The van der Waals surface area contributed by atoms with Gasteiger partial charge in [0.2, 0.25) is 17.8 Å². The second-order valence-corrected chi connectivity index (χ2v) is 6.59. The number of nitrogens with zero attached hydrogens (tertiary/aromatic N) is 3. The molecule has 0 unspecified atom stereocenters. The van der Waals surface area contributed by atoms with Gasteiger partial charge in [-0.05, 0) is 44.7 Å². The van der Waals surface area contributed by atoms with E-state index in [4.69, 9.17) is 4.74 Å². The van der Waals surface area contributed by atoms with Crippen molar-refractivity contribution in [1.29, 1.82) is 0 Å². The number of carbonyl (C=O) groups is 1. The summed E-state index contributed by atoms with van der Waals surface area (Å²) in [7, 11) is 0. The summed E-state index contributed by atoms with van der Waals surface area (Å²) < 4.78 is 4.82. The van der Waals surface area contributed by atoms with Crippen LogP contribution in [0.1, 0.15) is 31.9 Å². The van der Waals surface area contributed by atoms with E-state index in [1.807, 2.05) is 13.8 Å². The molecule has 0 fully saturated rings. The lowest BCUT2D eigenvalue weighted by Gasteiger charge is -2.15. The van der Waals surface area contributed by atoms with Crippen LogP contribution in [0.2, 0.25) is 0 Å². The van der Waals surface area contributed by atoms with Crippen LogP contribution >= 0.6 is 0 Å². The van der Waals surface area contributed by atoms with Crippen molar-refractivity contribution in [2.45, 2.75) is 45.7 Å². The fourth-order valence-electron chi connectivity index (χ4n) is 2.94. The second-order valence-electron chi connectivity index (χ2n) is 6.59. The Morgan fingerprint density at radius 1 is 1.11 bits per heavy atom. The van der Waals surface area contributed by atoms with E-state index in [9.17, 15) is 4.79 Å². The Kier molecular flexibility index (Phi) is 5.90. The zero-order valence-corrected chi connectivity index (χ0v) is 15.7. The highest BCUT2D eigenvalue weighted by molar-refractivity contribution is 5.68. The minimum absolute atomic E-state index is 0.154. The van der Waals surface area contributed by atoms with Crippen molar-refractivity contribution in [3.8, 4) is 0 Å². The summed E-state index contributed by atoms with van der Waals surface area (Å²) in [6.07, 6.45) is 1.23. The molecular weight excluding hydrogens is 346 g/mol. The molecule has 4 N–H and O–H groups in total. The fourth-order valence-corrected chi connectivity index (χ4v) is 2.94. The number of rotatable bonds is 7. The molecule has 0 spiro atoms. The zero-order chi connectivity index (χ0) is 19.2. The Balaban J connectivity index is 1.71. The van der Waals surface area contributed by atoms with Crippen LogP contribution in [0, 0.1) is 0 Å². The molecule has 9 nitrogen and oxygen atoms in total. The topological polar surface area (TPSA) is 113 Å². The van der Waals surface area contributed by atoms with Crippen molar-refractivity contribution >= 4 is 23.9 Å². The third-order valence-electron chi connectivity index (χ3n) is 3.99. The summed E-state index contributed by atoms with van der Waals surface area (Å²) in [4.78, 5) is 24.5. The number of fused-ring (bicyclic) bond motifs is 1. The molecule has 1 amide bonds. The Bertz CT molecular complexity index is 772. The van der Waals surface area contributed by atoms with Crippen LogP contribution in [-0.4, -0.2) is 39.7 Å². The van der Waals surface area contributed by atoms with Crippen molar-refractivity contribution in [3.63, 3.8) is 0 Å². The number of nitrogens with one attached hydrogen (secondary N) is 4. The molecule has 1 heterocycles. The van der Waals surface area contributed by atoms with Crippen LogP contribution in [0.25, 0.3) is 0 Å². The van der Waals surface area contributed by atoms with Crippen molar-refractivity contribution < 1.29 is 9.53 Å². The third-order valence-corrected chi connectivity index (χ3v) is 3.99. The number of carbonyl (C=O) groups excluding carboxylic acids is 1. The van der Waals surface area contributed by atoms with E-state index >= 15 is 0 Å². The summed E-state index contributed by atoms with van der Waals surface area (Å²) in [5.41, 5.74) is 7.73. The smallest absolute Gasteiger partial charge is 0.426 e. The van der Waals surface area contributed by atoms with Crippen LogP contribution in [-0.2, 0) is 17.6 Å². The SMILES string of the molecule is CCOC(=O)NNc1nc(NC(C)C)nc(NC2Cc3ccccc3C2)n1. The monoisotopic (exact) mass is 371 g/mol. The third kappa shape index (κ3) is 5.19. The largest absolute Gasteiger partial charge is 0.449 e. The molecule has 0 saturated heterocycles. The minimum atomic E-state index is -0.600. The van der Waals surface area contributed by atoms with E-state index < -0.39 is 6.09 Å². The van der Waals surface area contributed by atoms with Gasteiger partial charge in [-0.3, -0.25) is 5.43 Å². The standard InChI is InChI=1S/C18H25N7O2/c1-4-27-18(26)25-24-17-22-15(19-11(2)3)21-16(23-17)20-14-9-12-7-5-6-8-13(12)10-14/h5-8,11,14H,4,9-10H2,1-3H3,(H,25,26)(H3,19,20,21,22,23,24). The Morgan fingerprint density at radius 3 is 2.37 bits per heavy atom. The van der Waals surface area contributed by atoms with Crippen molar-refractivity contribution in [2.75, 3.05) is 22.7 Å². The number of anilines is 3. The van der Waals surface area contributed by atoms with Crippen LogP contribution < -0.4 is 21.5 Å². The number of amides is 1. The van der Waals surface area contributed by atoms with E-state index in [-0.39, 0.29) is 24.6 Å². The zero-order valence-electron chi connectivity index (χ0n) is 15.7. The number of aromatic nitrogens is 3. The van der Waals surface area contributed by atoms with Gasteiger partial charge in [0.25, 0.3) is 0 Å². The van der Waals surface area contributed by atoms with Gasteiger partial charge in [-0.15, -0.1) is 0 Å². The number of benzene rings is 1. The van der Waals surface area contributed by atoms with Gasteiger partial charge < -0.3 is 15.4 Å². The van der Waals surface area contributed by atoms with E-state index in [0.717, 1.165) is 12.8 Å². The molecule has 144 valence electrons. The Morgan fingerprint density at radius 2 is 1.74 bits per heavy atom. The molecule has 27 heavy (non-hydrogen) atoms. The summed E-state index contributed by atoms with van der Waals surface area (Å²) in [6, 6.07) is 8.76. The number of hydrogen-bond donors (Lipinski definition) is 4. The highest BCUT2D eigenvalue weighted by Crippen LogP contribution is 2.24. The molecule has 2 aromatic rings. The number of hydrogen-bond acceptors (Lipinski definition) is 8. The maximum atomic E-state index is 11.5. The molecule has 9 heteroatoms. The Labute approximate surface area is 158 Å². The maximum absolute atomic E-state index is 11.5. The molecule has 0 saturated carbocycles. The highest BCUT2D eigenvalue weighted by atomic mass is 16.5. The van der Waals surface area contributed by atoms with Gasteiger partial charge in [0, 0.05) is 12.1 Å². The predicted molar refractivity (Wildman–Crippen MR) is 104 cm³/mol. The minimum Gasteiger partial charge on any atom is -0.449 e. The quantitative estimate of drug-likeness (QED) is 0.549. The van der Waals surface area contributed by atoms with Crippen LogP contribution in [0.5, 0.6) is 0 Å². The first-order chi connectivity index (χ1) is 13.0. The fraction of sp³-hybridized carbons (Fsp3) is 0.444. The van der Waals surface area contributed by atoms with Gasteiger partial charge in [0.1, 0.15) is 0 Å². The molecule has 0 radical (unpaired) electrons. The number of ether oxygens (including phenoxy) is 1. The molecule has 1 aromatic carbocycles. The average molecular weight is 371 g/mol. The first-order valence-corrected chi connectivity index (χ1v) is 9.08. The van der Waals surface area contributed by atoms with Crippen molar-refractivity contribution in [3.05, 3.63) is 35.4 Å². The molecule has 1 aliphatic rings. The Hall–Kier alpha value is -3.10. The average Bonchev–Trinajstić information content (AvgIpc) is 3.01. The van der Waals surface area contributed by atoms with Gasteiger partial charge in [-0.25, -0.2) is 10.2 Å². The van der Waals surface area contributed by atoms with E-state index in [1.54, 1.807) is 6.92 Å². The molecule has 0 bridgehead atoms. The summed E-state index contributed by atoms with van der Waals surface area (Å²) >= 11 is 0. The molecule has 1 aromatic heterocycles. The summed E-state index contributed by atoms with van der Waals surface area (Å²) in [5, 5.41) is 6.52. The van der Waals surface area contributed by atoms with E-state index in [1.165, 1.54) is 11.1 Å². The number of hydrazine groups is 1. The summed E-state index contributed by atoms with van der Waals surface area (Å²) in [6.45, 7) is 6.00. The highest BCUT2D eigenvalue weighted by Gasteiger charge is 2.22. The van der Waals surface area contributed by atoms with Crippen LogP contribution in [0.15, 0.2) is 24.3 Å².